The summed E-state index contributed by atoms with van der Waals surface area (Å²) >= 11 is 6.23. The molecular formula is C20H26ClN3O. The minimum Gasteiger partial charge on any atom is -0.376 e. The zero-order valence-corrected chi connectivity index (χ0v) is 16.1. The average Bonchev–Trinajstić information content (AvgIpc) is 2.58. The van der Waals surface area contributed by atoms with E-state index in [0.717, 1.165) is 29.9 Å². The first-order chi connectivity index (χ1) is 11.9. The number of amides is 1. The van der Waals surface area contributed by atoms with E-state index in [4.69, 9.17) is 11.6 Å². The molecule has 4 nitrogen and oxygen atoms in total. The molecule has 0 atom stereocenters. The van der Waals surface area contributed by atoms with Crippen LogP contribution in [0.1, 0.15) is 25.0 Å². The molecule has 0 aromatic heterocycles. The molecule has 0 heterocycles. The second-order valence-electron chi connectivity index (χ2n) is 6.06. The van der Waals surface area contributed by atoms with E-state index in [0.29, 0.717) is 10.7 Å². The van der Waals surface area contributed by atoms with Crippen LogP contribution in [0.25, 0.3) is 0 Å². The van der Waals surface area contributed by atoms with E-state index >= 15 is 0 Å². The molecule has 0 aliphatic rings. The Morgan fingerprint density at radius 2 is 1.72 bits per heavy atom. The summed E-state index contributed by atoms with van der Waals surface area (Å²) in [5.41, 5.74) is 4.81. The van der Waals surface area contributed by atoms with E-state index in [-0.39, 0.29) is 12.5 Å². The van der Waals surface area contributed by atoms with Crippen molar-refractivity contribution >= 4 is 34.6 Å². The maximum absolute atomic E-state index is 12.2. The van der Waals surface area contributed by atoms with Gasteiger partial charge in [-0.1, -0.05) is 17.7 Å². The number of benzene rings is 2. The predicted molar refractivity (Wildman–Crippen MR) is 108 cm³/mol. The zero-order chi connectivity index (χ0) is 18.4. The Bertz CT molecular complexity index is 701. The molecule has 25 heavy (non-hydrogen) atoms. The van der Waals surface area contributed by atoms with Crippen LogP contribution in [0.5, 0.6) is 0 Å². The van der Waals surface area contributed by atoms with Crippen LogP contribution in [-0.4, -0.2) is 25.5 Å². The molecule has 2 aromatic rings. The lowest BCUT2D eigenvalue weighted by molar-refractivity contribution is -0.114. The molecule has 0 radical (unpaired) electrons. The van der Waals surface area contributed by atoms with Gasteiger partial charge in [-0.05, 0) is 69.2 Å². The van der Waals surface area contributed by atoms with Gasteiger partial charge in [0.1, 0.15) is 0 Å². The first-order valence-electron chi connectivity index (χ1n) is 8.60. The topological polar surface area (TPSA) is 44.4 Å². The van der Waals surface area contributed by atoms with Crippen molar-refractivity contribution in [3.63, 3.8) is 0 Å². The molecule has 0 aliphatic carbocycles. The highest BCUT2D eigenvalue weighted by Gasteiger charge is 2.09. The monoisotopic (exact) mass is 359 g/mol. The number of carbonyl (C=O) groups excluding carboxylic acids is 1. The standard InChI is InChI=1S/C20H26ClN3O/c1-5-24(6-2)17-9-7-16(8-10-17)22-13-19(25)23-20-15(4)11-14(3)12-18(20)21/h7-12,22H,5-6,13H2,1-4H3,(H,23,25). The van der Waals surface area contributed by atoms with Gasteiger partial charge in [0.25, 0.3) is 0 Å². The van der Waals surface area contributed by atoms with Gasteiger partial charge in [-0.15, -0.1) is 0 Å². The number of carbonyl (C=O) groups is 1. The number of aryl methyl sites for hydroxylation is 2. The summed E-state index contributed by atoms with van der Waals surface area (Å²) in [7, 11) is 0. The molecule has 0 fully saturated rings. The van der Waals surface area contributed by atoms with Gasteiger partial charge >= 0.3 is 0 Å². The Morgan fingerprint density at radius 1 is 1.08 bits per heavy atom. The lowest BCUT2D eigenvalue weighted by Gasteiger charge is -2.21. The Balaban J connectivity index is 1.94. The van der Waals surface area contributed by atoms with Crippen LogP contribution in [0.3, 0.4) is 0 Å². The molecule has 0 aliphatic heterocycles. The van der Waals surface area contributed by atoms with E-state index in [1.807, 2.05) is 38.1 Å². The van der Waals surface area contributed by atoms with Gasteiger partial charge in [-0.25, -0.2) is 0 Å². The van der Waals surface area contributed by atoms with Crippen molar-refractivity contribution in [2.75, 3.05) is 35.2 Å². The van der Waals surface area contributed by atoms with Gasteiger partial charge in [-0.2, -0.15) is 0 Å². The number of rotatable bonds is 7. The van der Waals surface area contributed by atoms with Crippen molar-refractivity contribution < 1.29 is 4.79 Å². The zero-order valence-electron chi connectivity index (χ0n) is 15.3. The van der Waals surface area contributed by atoms with Crippen LogP contribution in [0.15, 0.2) is 36.4 Å². The lowest BCUT2D eigenvalue weighted by atomic mass is 10.1. The minimum absolute atomic E-state index is 0.123. The predicted octanol–water partition coefficient (Wildman–Crippen LogP) is 4.85. The van der Waals surface area contributed by atoms with Gasteiger partial charge in [0.15, 0.2) is 0 Å². The number of anilines is 3. The van der Waals surface area contributed by atoms with Gasteiger partial charge < -0.3 is 15.5 Å². The fourth-order valence-corrected chi connectivity index (χ4v) is 3.19. The second kappa shape index (κ2) is 8.77. The summed E-state index contributed by atoms with van der Waals surface area (Å²) in [5, 5.41) is 6.59. The Labute approximate surface area is 155 Å². The highest BCUT2D eigenvalue weighted by molar-refractivity contribution is 6.34. The van der Waals surface area contributed by atoms with Crippen molar-refractivity contribution in [1.29, 1.82) is 0 Å². The molecule has 2 aromatic carbocycles. The van der Waals surface area contributed by atoms with E-state index < -0.39 is 0 Å². The second-order valence-corrected chi connectivity index (χ2v) is 6.47. The minimum atomic E-state index is -0.123. The van der Waals surface area contributed by atoms with Crippen molar-refractivity contribution in [2.24, 2.45) is 0 Å². The molecule has 0 saturated heterocycles. The highest BCUT2D eigenvalue weighted by atomic mass is 35.5. The van der Waals surface area contributed by atoms with Crippen LogP contribution >= 0.6 is 11.6 Å². The third-order valence-electron chi connectivity index (χ3n) is 4.15. The van der Waals surface area contributed by atoms with E-state index in [2.05, 4.69) is 41.5 Å². The number of nitrogens with one attached hydrogen (secondary N) is 2. The molecule has 0 saturated carbocycles. The van der Waals surface area contributed by atoms with Crippen LogP contribution in [-0.2, 0) is 4.79 Å². The van der Waals surface area contributed by atoms with Crippen LogP contribution in [0.4, 0.5) is 17.1 Å². The van der Waals surface area contributed by atoms with Crippen LogP contribution in [0, 0.1) is 13.8 Å². The maximum atomic E-state index is 12.2. The third kappa shape index (κ3) is 5.13. The van der Waals surface area contributed by atoms with Crippen LogP contribution in [0.2, 0.25) is 5.02 Å². The molecule has 0 bridgehead atoms. The fraction of sp³-hybridized carbons (Fsp3) is 0.350. The van der Waals surface area contributed by atoms with Gasteiger partial charge in [0, 0.05) is 24.5 Å². The molecular weight excluding hydrogens is 334 g/mol. The average molecular weight is 360 g/mol. The summed E-state index contributed by atoms with van der Waals surface area (Å²) in [4.78, 5) is 14.5. The third-order valence-corrected chi connectivity index (χ3v) is 4.44. The van der Waals surface area contributed by atoms with Crippen molar-refractivity contribution in [3.8, 4) is 0 Å². The first kappa shape index (κ1) is 19.1. The smallest absolute Gasteiger partial charge is 0.243 e. The largest absolute Gasteiger partial charge is 0.376 e. The Morgan fingerprint density at radius 3 is 2.28 bits per heavy atom. The SMILES string of the molecule is CCN(CC)c1ccc(NCC(=O)Nc2c(C)cc(C)cc2Cl)cc1. The fourth-order valence-electron chi connectivity index (χ4n) is 2.82. The molecule has 2 rings (SSSR count). The number of halogens is 1. The molecule has 1 amide bonds. The lowest BCUT2D eigenvalue weighted by Crippen LogP contribution is -2.23. The first-order valence-corrected chi connectivity index (χ1v) is 8.97. The van der Waals surface area contributed by atoms with E-state index in [9.17, 15) is 4.79 Å². The van der Waals surface area contributed by atoms with E-state index in [1.54, 1.807) is 0 Å². The highest BCUT2D eigenvalue weighted by Crippen LogP contribution is 2.27. The van der Waals surface area contributed by atoms with Gasteiger partial charge in [-0.3, -0.25) is 4.79 Å². The van der Waals surface area contributed by atoms with Crippen LogP contribution < -0.4 is 15.5 Å². The Kier molecular flexibility index (Phi) is 6.71. The molecule has 0 spiro atoms. The van der Waals surface area contributed by atoms with Crippen molar-refractivity contribution in [3.05, 3.63) is 52.5 Å². The van der Waals surface area contributed by atoms with Crippen molar-refractivity contribution in [2.45, 2.75) is 27.7 Å². The maximum Gasteiger partial charge on any atom is 0.243 e. The molecule has 2 N–H and O–H groups in total. The normalized spacial score (nSPS) is 10.4. The van der Waals surface area contributed by atoms with Crippen molar-refractivity contribution in [1.82, 2.24) is 0 Å². The molecule has 0 unspecified atom stereocenters. The summed E-state index contributed by atoms with van der Waals surface area (Å²) in [5.74, 6) is -0.123. The van der Waals surface area contributed by atoms with Gasteiger partial charge in [0.2, 0.25) is 5.91 Å². The molecule has 134 valence electrons. The summed E-state index contributed by atoms with van der Waals surface area (Å²) in [6.45, 7) is 10.3. The number of hydrogen-bond acceptors (Lipinski definition) is 3. The molecule has 5 heteroatoms. The van der Waals surface area contributed by atoms with Gasteiger partial charge in [0.05, 0.1) is 17.3 Å². The number of hydrogen-bond donors (Lipinski definition) is 2. The summed E-state index contributed by atoms with van der Waals surface area (Å²) < 4.78 is 0. The van der Waals surface area contributed by atoms with E-state index in [1.165, 1.54) is 5.69 Å². The summed E-state index contributed by atoms with van der Waals surface area (Å²) in [6, 6.07) is 12.0. The Hall–Kier alpha value is -2.20. The summed E-state index contributed by atoms with van der Waals surface area (Å²) in [6.07, 6.45) is 0. The quantitative estimate of drug-likeness (QED) is 0.742. The number of nitrogens with zero attached hydrogens (tertiary/aromatic N) is 1.